The van der Waals surface area contributed by atoms with E-state index in [4.69, 9.17) is 10.5 Å². The van der Waals surface area contributed by atoms with Gasteiger partial charge in [-0.05, 0) is 19.9 Å². The Labute approximate surface area is 121 Å². The Hall–Kier alpha value is -2.22. The van der Waals surface area contributed by atoms with Crippen LogP contribution in [0.4, 0.5) is 15.8 Å². The third kappa shape index (κ3) is 4.38. The number of hydrogen-bond donors (Lipinski definition) is 1. The summed E-state index contributed by atoms with van der Waals surface area (Å²) in [6, 6.07) is 1.64. The molecule has 8 heteroatoms. The molecule has 21 heavy (non-hydrogen) atoms. The Morgan fingerprint density at radius 3 is 2.67 bits per heavy atom. The van der Waals surface area contributed by atoms with Gasteiger partial charge < -0.3 is 15.4 Å². The SMILES string of the molecule is CC(C)OCCN(C)C(=O)c1cc(N)c(F)cc1[N+](=O)[O-]. The summed E-state index contributed by atoms with van der Waals surface area (Å²) in [5.74, 6) is -1.54. The van der Waals surface area contributed by atoms with E-state index in [1.54, 1.807) is 0 Å². The molecule has 116 valence electrons. The third-order valence-corrected chi connectivity index (χ3v) is 2.77. The highest BCUT2D eigenvalue weighted by Gasteiger charge is 2.25. The first-order chi connectivity index (χ1) is 9.73. The van der Waals surface area contributed by atoms with Crippen molar-refractivity contribution in [3.8, 4) is 0 Å². The van der Waals surface area contributed by atoms with Crippen molar-refractivity contribution in [2.75, 3.05) is 25.9 Å². The lowest BCUT2D eigenvalue weighted by atomic mass is 10.1. The van der Waals surface area contributed by atoms with Gasteiger partial charge in [0.05, 0.1) is 29.4 Å². The molecule has 0 atom stereocenters. The summed E-state index contributed by atoms with van der Waals surface area (Å²) in [6.07, 6.45) is 0.0179. The van der Waals surface area contributed by atoms with Gasteiger partial charge in [0.15, 0.2) is 5.82 Å². The van der Waals surface area contributed by atoms with Crippen molar-refractivity contribution in [1.82, 2.24) is 4.90 Å². The van der Waals surface area contributed by atoms with E-state index in [0.29, 0.717) is 12.7 Å². The molecule has 0 aromatic heterocycles. The predicted molar refractivity (Wildman–Crippen MR) is 75.5 cm³/mol. The molecule has 1 rings (SSSR count). The number of halogens is 1. The van der Waals surface area contributed by atoms with E-state index in [2.05, 4.69) is 0 Å². The number of likely N-dealkylation sites (N-methyl/N-ethyl adjacent to an activating group) is 1. The quantitative estimate of drug-likeness (QED) is 0.490. The maximum Gasteiger partial charge on any atom is 0.285 e. The van der Waals surface area contributed by atoms with Gasteiger partial charge in [-0.1, -0.05) is 0 Å². The van der Waals surface area contributed by atoms with E-state index in [1.807, 2.05) is 13.8 Å². The van der Waals surface area contributed by atoms with Crippen LogP contribution in [0.2, 0.25) is 0 Å². The first-order valence-electron chi connectivity index (χ1n) is 6.34. The number of benzene rings is 1. The van der Waals surface area contributed by atoms with Crippen molar-refractivity contribution in [2.45, 2.75) is 20.0 Å². The summed E-state index contributed by atoms with van der Waals surface area (Å²) in [6.45, 7) is 4.26. The molecule has 0 spiro atoms. The molecule has 1 aromatic carbocycles. The number of nitro benzene ring substituents is 1. The second kappa shape index (κ2) is 6.98. The average molecular weight is 299 g/mol. The van der Waals surface area contributed by atoms with Crippen LogP contribution in [0.5, 0.6) is 0 Å². The first-order valence-corrected chi connectivity index (χ1v) is 6.34. The maximum atomic E-state index is 13.3. The highest BCUT2D eigenvalue weighted by Crippen LogP contribution is 2.25. The zero-order valence-corrected chi connectivity index (χ0v) is 12.1. The molecule has 0 saturated heterocycles. The largest absolute Gasteiger partial charge is 0.396 e. The number of anilines is 1. The van der Waals surface area contributed by atoms with Crippen LogP contribution in [0, 0.1) is 15.9 Å². The Morgan fingerprint density at radius 1 is 1.52 bits per heavy atom. The van der Waals surface area contributed by atoms with Crippen LogP contribution < -0.4 is 5.73 Å². The molecule has 0 unspecified atom stereocenters. The summed E-state index contributed by atoms with van der Waals surface area (Å²) in [5.41, 5.74) is 4.21. The summed E-state index contributed by atoms with van der Waals surface area (Å²) in [7, 11) is 1.48. The number of hydrogen-bond acceptors (Lipinski definition) is 5. The van der Waals surface area contributed by atoms with Crippen LogP contribution in [-0.2, 0) is 4.74 Å². The third-order valence-electron chi connectivity index (χ3n) is 2.77. The van der Waals surface area contributed by atoms with Crippen molar-refractivity contribution < 1.29 is 18.8 Å². The van der Waals surface area contributed by atoms with Crippen LogP contribution in [0.1, 0.15) is 24.2 Å². The van der Waals surface area contributed by atoms with E-state index in [-0.39, 0.29) is 23.9 Å². The fourth-order valence-electron chi connectivity index (χ4n) is 1.63. The van der Waals surface area contributed by atoms with Gasteiger partial charge in [0.2, 0.25) is 0 Å². The molecule has 0 radical (unpaired) electrons. The summed E-state index contributed by atoms with van der Waals surface area (Å²) >= 11 is 0. The number of ether oxygens (including phenoxy) is 1. The van der Waals surface area contributed by atoms with Crippen molar-refractivity contribution in [3.05, 3.63) is 33.6 Å². The second-order valence-corrected chi connectivity index (χ2v) is 4.79. The first kappa shape index (κ1) is 16.8. The summed E-state index contributed by atoms with van der Waals surface area (Å²) in [5, 5.41) is 10.9. The number of nitrogens with two attached hydrogens (primary N) is 1. The van der Waals surface area contributed by atoms with Gasteiger partial charge in [-0.2, -0.15) is 0 Å². The highest BCUT2D eigenvalue weighted by atomic mass is 19.1. The normalized spacial score (nSPS) is 10.7. The topological polar surface area (TPSA) is 98.7 Å². The molecule has 0 heterocycles. The summed E-state index contributed by atoms with van der Waals surface area (Å²) < 4.78 is 18.6. The number of carbonyl (C=O) groups is 1. The molecule has 0 bridgehead atoms. The number of nitrogens with zero attached hydrogens (tertiary/aromatic N) is 2. The molecule has 0 aliphatic rings. The molecule has 7 nitrogen and oxygen atoms in total. The van der Waals surface area contributed by atoms with E-state index in [1.165, 1.54) is 11.9 Å². The van der Waals surface area contributed by atoms with Crippen LogP contribution in [0.25, 0.3) is 0 Å². The lowest BCUT2D eigenvalue weighted by Gasteiger charge is -2.18. The number of nitrogen functional groups attached to an aromatic ring is 1. The molecule has 0 fully saturated rings. The highest BCUT2D eigenvalue weighted by molar-refractivity contribution is 5.99. The minimum atomic E-state index is -0.927. The van der Waals surface area contributed by atoms with Gasteiger partial charge in [-0.15, -0.1) is 0 Å². The molecular formula is C13H18FN3O4. The summed E-state index contributed by atoms with van der Waals surface area (Å²) in [4.78, 5) is 23.6. The maximum absolute atomic E-state index is 13.3. The second-order valence-electron chi connectivity index (χ2n) is 4.79. The Kier molecular flexibility index (Phi) is 5.60. The van der Waals surface area contributed by atoms with Crippen molar-refractivity contribution in [2.24, 2.45) is 0 Å². The number of carbonyl (C=O) groups excluding carboxylic acids is 1. The fourth-order valence-corrected chi connectivity index (χ4v) is 1.63. The average Bonchev–Trinajstić information content (AvgIpc) is 2.39. The molecule has 1 aromatic rings. The van der Waals surface area contributed by atoms with Crippen LogP contribution >= 0.6 is 0 Å². The number of nitro groups is 1. The van der Waals surface area contributed by atoms with E-state index in [0.717, 1.165) is 6.07 Å². The fraction of sp³-hybridized carbons (Fsp3) is 0.462. The van der Waals surface area contributed by atoms with Crippen LogP contribution in [-0.4, -0.2) is 42.0 Å². The van der Waals surface area contributed by atoms with Crippen LogP contribution in [0.15, 0.2) is 12.1 Å². The van der Waals surface area contributed by atoms with Crippen molar-refractivity contribution in [1.29, 1.82) is 0 Å². The Balaban J connectivity index is 2.95. The number of rotatable bonds is 6. The zero-order valence-electron chi connectivity index (χ0n) is 12.1. The van der Waals surface area contributed by atoms with Gasteiger partial charge in [0.25, 0.3) is 11.6 Å². The monoisotopic (exact) mass is 299 g/mol. The Bertz CT molecular complexity index is 548. The van der Waals surface area contributed by atoms with Gasteiger partial charge >= 0.3 is 0 Å². The predicted octanol–water partition coefficient (Wildman–Crippen LogP) is 1.81. The standard InChI is InChI=1S/C13H18FN3O4/c1-8(2)21-5-4-16(3)13(18)9-6-11(15)10(14)7-12(9)17(19)20/h6-8H,4-5,15H2,1-3H3. The van der Waals surface area contributed by atoms with E-state index in [9.17, 15) is 19.3 Å². The number of amides is 1. The molecular weight excluding hydrogens is 281 g/mol. The molecule has 2 N–H and O–H groups in total. The van der Waals surface area contributed by atoms with Gasteiger partial charge in [0.1, 0.15) is 5.56 Å². The lowest BCUT2D eigenvalue weighted by molar-refractivity contribution is -0.385. The van der Waals surface area contributed by atoms with Gasteiger partial charge in [-0.25, -0.2) is 4.39 Å². The lowest BCUT2D eigenvalue weighted by Crippen LogP contribution is -2.31. The van der Waals surface area contributed by atoms with E-state index >= 15 is 0 Å². The molecule has 1 amide bonds. The minimum Gasteiger partial charge on any atom is -0.396 e. The van der Waals surface area contributed by atoms with Gasteiger partial charge in [0, 0.05) is 13.6 Å². The molecule has 0 saturated carbocycles. The van der Waals surface area contributed by atoms with Crippen molar-refractivity contribution in [3.63, 3.8) is 0 Å². The van der Waals surface area contributed by atoms with Crippen LogP contribution in [0.3, 0.4) is 0 Å². The Morgan fingerprint density at radius 2 is 2.14 bits per heavy atom. The zero-order chi connectivity index (χ0) is 16.2. The van der Waals surface area contributed by atoms with Gasteiger partial charge in [-0.3, -0.25) is 14.9 Å². The minimum absolute atomic E-state index is 0.0179. The van der Waals surface area contributed by atoms with E-state index < -0.39 is 22.3 Å². The smallest absolute Gasteiger partial charge is 0.285 e. The van der Waals surface area contributed by atoms with Crippen molar-refractivity contribution >= 4 is 17.3 Å². The molecule has 0 aliphatic carbocycles. The molecule has 0 aliphatic heterocycles.